The Morgan fingerprint density at radius 3 is 2.50 bits per heavy atom. The number of rotatable bonds is 5. The van der Waals surface area contributed by atoms with Crippen LogP contribution in [0.2, 0.25) is 0 Å². The molecular formula is C10H17NS. The van der Waals surface area contributed by atoms with Gasteiger partial charge in [-0.3, -0.25) is 0 Å². The Kier molecular flexibility index (Phi) is 4.33. The first-order valence-electron chi connectivity index (χ1n) is 4.59. The molecule has 0 unspecified atom stereocenters. The summed E-state index contributed by atoms with van der Waals surface area (Å²) in [5.74, 6) is 0. The zero-order valence-corrected chi connectivity index (χ0v) is 8.71. The summed E-state index contributed by atoms with van der Waals surface area (Å²) in [6.45, 7) is 3.32. The summed E-state index contributed by atoms with van der Waals surface area (Å²) < 4.78 is 0. The number of aryl methyl sites for hydroxylation is 1. The minimum atomic E-state index is 1.09. The van der Waals surface area contributed by atoms with E-state index in [2.05, 4.69) is 24.4 Å². The van der Waals surface area contributed by atoms with Crippen LogP contribution in [-0.4, -0.2) is 13.6 Å². The van der Waals surface area contributed by atoms with Crippen LogP contribution in [0.15, 0.2) is 12.1 Å². The third kappa shape index (κ3) is 2.95. The van der Waals surface area contributed by atoms with Crippen LogP contribution in [0.1, 0.15) is 23.1 Å². The van der Waals surface area contributed by atoms with Gasteiger partial charge in [0.25, 0.3) is 0 Å². The quantitative estimate of drug-likeness (QED) is 0.739. The molecule has 0 aliphatic carbocycles. The maximum Gasteiger partial charge on any atom is 0.00608 e. The van der Waals surface area contributed by atoms with Gasteiger partial charge in [-0.05, 0) is 38.6 Å². The van der Waals surface area contributed by atoms with E-state index in [-0.39, 0.29) is 0 Å². The highest BCUT2D eigenvalue weighted by molar-refractivity contribution is 7.11. The van der Waals surface area contributed by atoms with Crippen molar-refractivity contribution < 1.29 is 0 Å². The normalized spacial score (nSPS) is 10.5. The van der Waals surface area contributed by atoms with E-state index in [0.29, 0.717) is 0 Å². The van der Waals surface area contributed by atoms with E-state index in [9.17, 15) is 0 Å². The van der Waals surface area contributed by atoms with E-state index in [4.69, 9.17) is 0 Å². The lowest BCUT2D eigenvalue weighted by atomic mass is 10.3. The van der Waals surface area contributed by atoms with Gasteiger partial charge in [0.2, 0.25) is 0 Å². The molecule has 0 radical (unpaired) electrons. The predicted molar refractivity (Wildman–Crippen MR) is 55.9 cm³/mol. The molecular weight excluding hydrogens is 166 g/mol. The van der Waals surface area contributed by atoms with Gasteiger partial charge in [-0.15, -0.1) is 11.3 Å². The van der Waals surface area contributed by atoms with Crippen LogP contribution in [0.25, 0.3) is 0 Å². The van der Waals surface area contributed by atoms with Crippen molar-refractivity contribution in [3.8, 4) is 0 Å². The second-order valence-corrected chi connectivity index (χ2v) is 4.22. The topological polar surface area (TPSA) is 12.0 Å². The van der Waals surface area contributed by atoms with Gasteiger partial charge in [-0.2, -0.15) is 0 Å². The molecule has 1 N–H and O–H groups in total. The van der Waals surface area contributed by atoms with Crippen molar-refractivity contribution >= 4 is 11.3 Å². The van der Waals surface area contributed by atoms with Gasteiger partial charge in [0.05, 0.1) is 0 Å². The van der Waals surface area contributed by atoms with Crippen molar-refractivity contribution in [3.63, 3.8) is 0 Å². The first kappa shape index (κ1) is 9.75. The van der Waals surface area contributed by atoms with E-state index >= 15 is 0 Å². The van der Waals surface area contributed by atoms with Crippen LogP contribution >= 0.6 is 11.3 Å². The van der Waals surface area contributed by atoms with E-state index in [1.165, 1.54) is 29.0 Å². The monoisotopic (exact) mass is 183 g/mol. The summed E-state index contributed by atoms with van der Waals surface area (Å²) >= 11 is 1.96. The molecule has 0 bridgehead atoms. The lowest BCUT2D eigenvalue weighted by molar-refractivity contribution is 0.799. The molecule has 0 saturated heterocycles. The third-order valence-electron chi connectivity index (χ3n) is 1.84. The van der Waals surface area contributed by atoms with Crippen molar-refractivity contribution in [2.24, 2.45) is 0 Å². The Morgan fingerprint density at radius 1 is 1.25 bits per heavy atom. The highest BCUT2D eigenvalue weighted by Gasteiger charge is 1.97. The van der Waals surface area contributed by atoms with Crippen molar-refractivity contribution in [3.05, 3.63) is 21.9 Å². The molecule has 1 aromatic heterocycles. The van der Waals surface area contributed by atoms with E-state index in [0.717, 1.165) is 6.54 Å². The number of hydrogen-bond donors (Lipinski definition) is 1. The van der Waals surface area contributed by atoms with Crippen LogP contribution in [0, 0.1) is 0 Å². The molecule has 0 fully saturated rings. The average molecular weight is 183 g/mol. The minimum Gasteiger partial charge on any atom is -0.319 e. The van der Waals surface area contributed by atoms with Crippen molar-refractivity contribution in [2.45, 2.75) is 26.2 Å². The molecule has 68 valence electrons. The summed E-state index contributed by atoms with van der Waals surface area (Å²) in [6, 6.07) is 4.52. The molecule has 0 atom stereocenters. The maximum absolute atomic E-state index is 3.16. The summed E-state index contributed by atoms with van der Waals surface area (Å²) in [6.07, 6.45) is 3.67. The fourth-order valence-electron chi connectivity index (χ4n) is 1.19. The zero-order valence-electron chi connectivity index (χ0n) is 7.89. The molecule has 0 aliphatic rings. The molecule has 0 amide bonds. The SMILES string of the molecule is CCCc1ccc(CCNC)s1. The summed E-state index contributed by atoms with van der Waals surface area (Å²) in [7, 11) is 2.00. The second kappa shape index (κ2) is 5.33. The Morgan fingerprint density at radius 2 is 1.92 bits per heavy atom. The molecule has 1 rings (SSSR count). The molecule has 1 aromatic rings. The first-order chi connectivity index (χ1) is 5.86. The molecule has 0 aliphatic heterocycles. The van der Waals surface area contributed by atoms with Gasteiger partial charge < -0.3 is 5.32 Å². The maximum atomic E-state index is 3.16. The molecule has 0 saturated carbocycles. The van der Waals surface area contributed by atoms with E-state index in [1.54, 1.807) is 0 Å². The smallest absolute Gasteiger partial charge is 0.00608 e. The lowest BCUT2D eigenvalue weighted by Crippen LogP contribution is -2.09. The summed E-state index contributed by atoms with van der Waals surface area (Å²) in [5.41, 5.74) is 0. The molecule has 0 aromatic carbocycles. The Bertz CT molecular complexity index is 217. The van der Waals surface area contributed by atoms with Gasteiger partial charge in [0.15, 0.2) is 0 Å². The number of hydrogen-bond acceptors (Lipinski definition) is 2. The van der Waals surface area contributed by atoms with Crippen LogP contribution in [0.3, 0.4) is 0 Å². The fourth-order valence-corrected chi connectivity index (χ4v) is 2.30. The van der Waals surface area contributed by atoms with Crippen LogP contribution in [0.5, 0.6) is 0 Å². The second-order valence-electron chi connectivity index (χ2n) is 2.97. The van der Waals surface area contributed by atoms with Crippen molar-refractivity contribution in [1.29, 1.82) is 0 Å². The molecule has 1 nitrogen and oxygen atoms in total. The zero-order chi connectivity index (χ0) is 8.81. The van der Waals surface area contributed by atoms with Crippen LogP contribution < -0.4 is 5.32 Å². The summed E-state index contributed by atoms with van der Waals surface area (Å²) in [5, 5.41) is 3.16. The van der Waals surface area contributed by atoms with Crippen LogP contribution in [-0.2, 0) is 12.8 Å². The lowest BCUT2D eigenvalue weighted by Gasteiger charge is -1.94. The Labute approximate surface area is 78.8 Å². The molecule has 12 heavy (non-hydrogen) atoms. The van der Waals surface area contributed by atoms with Gasteiger partial charge in [0, 0.05) is 9.75 Å². The van der Waals surface area contributed by atoms with Crippen molar-refractivity contribution in [1.82, 2.24) is 5.32 Å². The van der Waals surface area contributed by atoms with Crippen molar-refractivity contribution in [2.75, 3.05) is 13.6 Å². The van der Waals surface area contributed by atoms with Gasteiger partial charge in [-0.25, -0.2) is 0 Å². The van der Waals surface area contributed by atoms with Gasteiger partial charge in [0.1, 0.15) is 0 Å². The number of thiophene rings is 1. The average Bonchev–Trinajstić information content (AvgIpc) is 2.50. The first-order valence-corrected chi connectivity index (χ1v) is 5.40. The van der Waals surface area contributed by atoms with Gasteiger partial charge in [-0.1, -0.05) is 13.3 Å². The van der Waals surface area contributed by atoms with Crippen LogP contribution in [0.4, 0.5) is 0 Å². The fraction of sp³-hybridized carbons (Fsp3) is 0.600. The number of likely N-dealkylation sites (N-methyl/N-ethyl adjacent to an activating group) is 1. The molecule has 0 spiro atoms. The van der Waals surface area contributed by atoms with Gasteiger partial charge >= 0.3 is 0 Å². The minimum absolute atomic E-state index is 1.09. The highest BCUT2D eigenvalue weighted by atomic mass is 32.1. The Hall–Kier alpha value is -0.340. The molecule has 1 heterocycles. The molecule has 2 heteroatoms. The number of nitrogens with one attached hydrogen (secondary N) is 1. The van der Waals surface area contributed by atoms with E-state index < -0.39 is 0 Å². The Balaban J connectivity index is 2.41. The third-order valence-corrected chi connectivity index (χ3v) is 3.04. The van der Waals surface area contributed by atoms with E-state index in [1.807, 2.05) is 18.4 Å². The standard InChI is InChI=1S/C10H17NS/c1-3-4-9-5-6-10(12-9)7-8-11-2/h5-6,11H,3-4,7-8H2,1-2H3. The predicted octanol–water partition coefficient (Wildman–Crippen LogP) is 2.46. The highest BCUT2D eigenvalue weighted by Crippen LogP contribution is 2.17. The summed E-state index contributed by atoms with van der Waals surface area (Å²) in [4.78, 5) is 3.04. The largest absolute Gasteiger partial charge is 0.319 e.